The molecule has 5 atom stereocenters. The summed E-state index contributed by atoms with van der Waals surface area (Å²) < 4.78 is 29.3. The molecule has 3 aromatic carbocycles. The number of halogens is 2. The monoisotopic (exact) mass is 841 g/mol. The molecule has 4 fully saturated rings. The van der Waals surface area contributed by atoms with Gasteiger partial charge in [-0.25, -0.2) is 5.21 Å². The highest BCUT2D eigenvalue weighted by atomic mass is 35.5. The standard InChI is InChI=1S/C17H23ClN4.C12H16ClN.C11H14N4O5S/c18-15-6-4-13(5-7-15)12-14-8-10-22(11-9-14)17-3-1-2-16(17)20-21-19;13-12-3-1-10(2-4-12)9-11-5-7-14-8-6-11;12-14-13-10-2-1-3-11(10)20-21(18,19)9-6-4-8(5-7-9)15(16)17/h4-7,14,16-17H,1-3,8-12H2;1-4,11,14H,5-9H2;4-7,10-11,15-16H,1-3H2/t16-,17+;;10-,11-/m1.1/s1. The van der Waals surface area contributed by atoms with Crippen molar-refractivity contribution in [1.29, 1.82) is 0 Å². The molecular weight excluding hydrogens is 789 g/mol. The molecule has 0 radical (unpaired) electrons. The van der Waals surface area contributed by atoms with E-state index in [1.54, 1.807) is 0 Å². The van der Waals surface area contributed by atoms with E-state index in [-0.39, 0.29) is 16.6 Å². The van der Waals surface area contributed by atoms with Gasteiger partial charge in [0.25, 0.3) is 10.1 Å². The first-order valence-corrected chi connectivity index (χ1v) is 22.0. The third-order valence-corrected chi connectivity index (χ3v) is 13.2. The Hall–Kier alpha value is -3.43. The fourth-order valence-corrected chi connectivity index (χ4v) is 9.61. The Bertz CT molecular complexity index is 1880. The van der Waals surface area contributed by atoms with Gasteiger partial charge in [-0.1, -0.05) is 70.5 Å². The Morgan fingerprint density at radius 1 is 0.754 bits per heavy atom. The fourth-order valence-electron chi connectivity index (χ4n) is 8.23. The number of rotatable bonds is 11. The summed E-state index contributed by atoms with van der Waals surface area (Å²) in [7, 11) is -4.01. The van der Waals surface area contributed by atoms with E-state index in [9.17, 15) is 13.6 Å². The Balaban J connectivity index is 0.000000167. The van der Waals surface area contributed by atoms with Crippen LogP contribution in [0.3, 0.4) is 0 Å². The molecule has 14 nitrogen and oxygen atoms in total. The van der Waals surface area contributed by atoms with Crippen molar-refractivity contribution in [3.05, 3.63) is 120 Å². The second-order valence-corrected chi connectivity index (χ2v) is 17.7. The first kappa shape index (κ1) is 44.7. The molecule has 0 amide bonds. The lowest BCUT2D eigenvalue weighted by Gasteiger charge is -2.37. The van der Waals surface area contributed by atoms with E-state index in [0.29, 0.717) is 18.9 Å². The SMILES string of the molecule is Clc1ccc(CC2CCNCC2)cc1.[N-]=[N+]=N[C@@H]1CCC[C@@H]1N1CCC(Cc2ccc(Cl)cc2)CC1.[N-]=[N+]=N[C@@H]1CCC[C@H]1OS(=O)(=O)c1ccc([NH+]([O-])O)cc1. The van der Waals surface area contributed by atoms with E-state index >= 15 is 0 Å². The van der Waals surface area contributed by atoms with Crippen LogP contribution in [0.5, 0.6) is 0 Å². The highest BCUT2D eigenvalue weighted by Gasteiger charge is 2.34. The molecule has 57 heavy (non-hydrogen) atoms. The van der Waals surface area contributed by atoms with Crippen molar-refractivity contribution in [1.82, 2.24) is 10.2 Å². The topological polar surface area (TPSA) is 204 Å². The smallest absolute Gasteiger partial charge is 0.297 e. The van der Waals surface area contributed by atoms with Crippen LogP contribution in [0.1, 0.15) is 75.3 Å². The second-order valence-electron chi connectivity index (χ2n) is 15.2. The number of piperidine rings is 2. The van der Waals surface area contributed by atoms with Gasteiger partial charge in [0.1, 0.15) is 0 Å². The largest absolute Gasteiger partial charge is 0.595 e. The molecule has 3 N–H and O–H groups in total. The van der Waals surface area contributed by atoms with E-state index < -0.39 is 27.5 Å². The maximum absolute atomic E-state index is 12.1. The third kappa shape index (κ3) is 14.1. The van der Waals surface area contributed by atoms with Gasteiger partial charge in [-0.05, 0) is 161 Å². The van der Waals surface area contributed by atoms with Gasteiger partial charge in [-0.2, -0.15) is 13.6 Å². The minimum absolute atomic E-state index is 0.0122. The first-order valence-electron chi connectivity index (χ1n) is 19.8. The average Bonchev–Trinajstić information content (AvgIpc) is 3.87. The molecule has 1 unspecified atom stereocenters. The van der Waals surface area contributed by atoms with Crippen LogP contribution in [0.4, 0.5) is 5.69 Å². The van der Waals surface area contributed by atoms with Crippen molar-refractivity contribution in [2.75, 3.05) is 26.2 Å². The summed E-state index contributed by atoms with van der Waals surface area (Å²) in [5, 5.41) is 30.9. The Morgan fingerprint density at radius 2 is 1.26 bits per heavy atom. The maximum Gasteiger partial charge on any atom is 0.297 e. The molecule has 2 heterocycles. The summed E-state index contributed by atoms with van der Waals surface area (Å²) in [5.41, 5.74) is 19.9. The highest BCUT2D eigenvalue weighted by molar-refractivity contribution is 7.86. The van der Waals surface area contributed by atoms with E-state index in [1.165, 1.54) is 93.4 Å². The van der Waals surface area contributed by atoms with Gasteiger partial charge >= 0.3 is 0 Å². The zero-order valence-corrected chi connectivity index (χ0v) is 34.4. The molecule has 2 aliphatic heterocycles. The Labute approximate surface area is 345 Å². The second kappa shape index (κ2) is 22.6. The number of likely N-dealkylation sites (tertiary alicyclic amines) is 1. The number of quaternary nitrogens is 1. The fraction of sp³-hybridized carbons (Fsp3) is 0.550. The summed E-state index contributed by atoms with van der Waals surface area (Å²) >= 11 is 11.8. The van der Waals surface area contributed by atoms with E-state index in [4.69, 9.17) is 43.7 Å². The van der Waals surface area contributed by atoms with E-state index in [0.717, 1.165) is 54.2 Å². The lowest BCUT2D eigenvalue weighted by molar-refractivity contribution is -0.991. The molecule has 4 aliphatic rings. The average molecular weight is 843 g/mol. The number of nitrogens with zero attached hydrogens (tertiary/aromatic N) is 7. The molecule has 3 aromatic rings. The van der Waals surface area contributed by atoms with Crippen molar-refractivity contribution < 1.29 is 23.0 Å². The summed E-state index contributed by atoms with van der Waals surface area (Å²) in [6.07, 6.45) is 12.0. The molecule has 0 spiro atoms. The first-order chi connectivity index (χ1) is 27.5. The van der Waals surface area contributed by atoms with Crippen LogP contribution < -0.4 is 10.5 Å². The van der Waals surface area contributed by atoms with Gasteiger partial charge in [0.2, 0.25) is 0 Å². The lowest BCUT2D eigenvalue weighted by atomic mass is 9.89. The van der Waals surface area contributed by atoms with Gasteiger partial charge < -0.3 is 10.5 Å². The summed E-state index contributed by atoms with van der Waals surface area (Å²) in [5.74, 6) is 1.62. The van der Waals surface area contributed by atoms with Crippen molar-refractivity contribution >= 4 is 39.0 Å². The van der Waals surface area contributed by atoms with Crippen molar-refractivity contribution in [2.45, 2.75) is 106 Å². The number of nitrogens with one attached hydrogen (secondary N) is 2. The van der Waals surface area contributed by atoms with Gasteiger partial charge in [0, 0.05) is 38.0 Å². The Kier molecular flexibility index (Phi) is 17.7. The van der Waals surface area contributed by atoms with Crippen LogP contribution in [-0.4, -0.2) is 68.9 Å². The predicted molar refractivity (Wildman–Crippen MR) is 222 cm³/mol. The van der Waals surface area contributed by atoms with Crippen LogP contribution in [-0.2, 0) is 27.1 Å². The van der Waals surface area contributed by atoms with Crippen LogP contribution >= 0.6 is 23.2 Å². The van der Waals surface area contributed by atoms with Gasteiger partial charge in [0.15, 0.2) is 5.69 Å². The normalized spacial score (nSPS) is 23.5. The molecular formula is C40H53Cl2N9O5S. The van der Waals surface area contributed by atoms with Gasteiger partial charge in [0.05, 0.1) is 23.1 Å². The lowest BCUT2D eigenvalue weighted by Crippen LogP contribution is -2.99. The molecule has 308 valence electrons. The minimum atomic E-state index is -4.01. The maximum atomic E-state index is 12.1. The number of benzene rings is 3. The van der Waals surface area contributed by atoms with Crippen LogP contribution in [0, 0.1) is 17.0 Å². The van der Waals surface area contributed by atoms with Gasteiger partial charge in [-0.3, -0.25) is 9.08 Å². The van der Waals surface area contributed by atoms with Gasteiger partial charge in [-0.15, -0.1) is 0 Å². The van der Waals surface area contributed by atoms with Crippen LogP contribution in [0.15, 0.2) is 87.9 Å². The molecule has 2 aliphatic carbocycles. The number of hydrogen-bond donors (Lipinski definition) is 3. The zero-order chi connectivity index (χ0) is 40.6. The van der Waals surface area contributed by atoms with Crippen LogP contribution in [0.25, 0.3) is 20.9 Å². The molecule has 0 bridgehead atoms. The van der Waals surface area contributed by atoms with Crippen LogP contribution in [0.2, 0.25) is 10.0 Å². The Morgan fingerprint density at radius 3 is 1.81 bits per heavy atom. The van der Waals surface area contributed by atoms with Crippen molar-refractivity contribution in [3.63, 3.8) is 0 Å². The molecule has 17 heteroatoms. The third-order valence-electron chi connectivity index (χ3n) is 11.4. The highest BCUT2D eigenvalue weighted by Crippen LogP contribution is 2.32. The zero-order valence-electron chi connectivity index (χ0n) is 32.1. The molecule has 2 saturated carbocycles. The summed E-state index contributed by atoms with van der Waals surface area (Å²) in [4.78, 5) is 8.15. The van der Waals surface area contributed by atoms with Crippen molar-refractivity contribution in [2.24, 2.45) is 22.1 Å². The van der Waals surface area contributed by atoms with E-state index in [2.05, 4.69) is 54.5 Å². The van der Waals surface area contributed by atoms with E-state index in [1.807, 2.05) is 24.3 Å². The minimum Gasteiger partial charge on any atom is -0.595 e. The quantitative estimate of drug-likeness (QED) is 0.0562. The molecule has 7 rings (SSSR count). The van der Waals surface area contributed by atoms with Crippen molar-refractivity contribution in [3.8, 4) is 0 Å². The summed E-state index contributed by atoms with van der Waals surface area (Å²) in [6.45, 7) is 4.64. The molecule has 0 aromatic heterocycles. The number of azide groups is 2. The number of hydrogen-bond acceptors (Lipinski definition) is 9. The molecule has 2 saturated heterocycles. The summed E-state index contributed by atoms with van der Waals surface area (Å²) in [6, 6.07) is 21.4. The predicted octanol–water partition coefficient (Wildman–Crippen LogP) is 8.73.